The number of nitrogens with zero attached hydrogens (tertiary/aromatic N) is 3. The number of aromatic amines is 1. The number of non-ortho nitro benzene ring substituents is 1. The standard InChI is InChI=1S/C17H12N4O4/c1-25-12-5-2-10(3-6-12)20-17(22)14-9-18-15-8-11(21(23)24)4-7-13(15)16(14)19-20/h2-9,18H,1H3. The Balaban J connectivity index is 1.94. The van der Waals surface area contributed by atoms with E-state index in [4.69, 9.17) is 4.74 Å². The lowest BCUT2D eigenvalue weighted by atomic mass is 10.1. The molecule has 0 spiro atoms. The van der Waals surface area contributed by atoms with Crippen LogP contribution in [0.2, 0.25) is 0 Å². The number of nitrogens with one attached hydrogen (secondary N) is 1. The predicted octanol–water partition coefficient (Wildman–Crippen LogP) is 2.74. The van der Waals surface area contributed by atoms with Crippen molar-refractivity contribution in [1.82, 2.24) is 14.8 Å². The van der Waals surface area contributed by atoms with E-state index in [0.29, 0.717) is 33.6 Å². The zero-order valence-corrected chi connectivity index (χ0v) is 13.1. The van der Waals surface area contributed by atoms with Gasteiger partial charge in [-0.25, -0.2) is 0 Å². The van der Waals surface area contributed by atoms with Gasteiger partial charge in [0.1, 0.15) is 11.4 Å². The minimum Gasteiger partial charge on any atom is -0.497 e. The smallest absolute Gasteiger partial charge is 0.282 e. The predicted molar refractivity (Wildman–Crippen MR) is 91.5 cm³/mol. The number of ether oxygens (including phenoxy) is 1. The Morgan fingerprint density at radius 2 is 1.96 bits per heavy atom. The summed E-state index contributed by atoms with van der Waals surface area (Å²) in [7, 11) is 1.57. The van der Waals surface area contributed by atoms with Gasteiger partial charge in [0.15, 0.2) is 0 Å². The lowest BCUT2D eigenvalue weighted by molar-refractivity contribution is -0.384. The maximum absolute atomic E-state index is 12.6. The molecular weight excluding hydrogens is 324 g/mol. The van der Waals surface area contributed by atoms with Gasteiger partial charge in [-0.3, -0.25) is 14.9 Å². The van der Waals surface area contributed by atoms with Gasteiger partial charge in [0.05, 0.1) is 28.8 Å². The average Bonchev–Trinajstić information content (AvgIpc) is 2.98. The number of benzene rings is 2. The highest BCUT2D eigenvalue weighted by atomic mass is 16.6. The van der Waals surface area contributed by atoms with E-state index in [1.54, 1.807) is 37.4 Å². The monoisotopic (exact) mass is 336 g/mol. The van der Waals surface area contributed by atoms with E-state index in [-0.39, 0.29) is 11.2 Å². The lowest BCUT2D eigenvalue weighted by Crippen LogP contribution is -2.14. The van der Waals surface area contributed by atoms with Crippen molar-refractivity contribution in [2.75, 3.05) is 7.11 Å². The maximum Gasteiger partial charge on any atom is 0.282 e. The molecule has 124 valence electrons. The summed E-state index contributed by atoms with van der Waals surface area (Å²) in [5.74, 6) is 0.680. The molecule has 25 heavy (non-hydrogen) atoms. The second-order valence-corrected chi connectivity index (χ2v) is 5.45. The molecule has 8 nitrogen and oxygen atoms in total. The topological polar surface area (TPSA) is 103 Å². The van der Waals surface area contributed by atoms with Crippen LogP contribution in [-0.2, 0) is 0 Å². The van der Waals surface area contributed by atoms with Crippen molar-refractivity contribution in [2.24, 2.45) is 0 Å². The van der Waals surface area contributed by atoms with Gasteiger partial charge in [-0.15, -0.1) is 0 Å². The van der Waals surface area contributed by atoms with Gasteiger partial charge in [0.2, 0.25) is 0 Å². The summed E-state index contributed by atoms with van der Waals surface area (Å²) in [6.07, 6.45) is 1.52. The largest absolute Gasteiger partial charge is 0.497 e. The quantitative estimate of drug-likeness (QED) is 0.458. The SMILES string of the molecule is COc1ccc(-n2nc3c4ccc([N+](=O)[O-])cc4[nH]cc-3c2=O)cc1. The van der Waals surface area contributed by atoms with Crippen LogP contribution in [-0.4, -0.2) is 26.8 Å². The first-order valence-corrected chi connectivity index (χ1v) is 7.41. The fourth-order valence-electron chi connectivity index (χ4n) is 2.76. The van der Waals surface area contributed by atoms with Crippen LogP contribution in [0.4, 0.5) is 5.69 Å². The van der Waals surface area contributed by atoms with Crippen molar-refractivity contribution in [2.45, 2.75) is 0 Å². The molecular formula is C17H12N4O4. The average molecular weight is 336 g/mol. The molecule has 0 saturated carbocycles. The molecule has 0 unspecified atom stereocenters. The highest BCUT2D eigenvalue weighted by molar-refractivity contribution is 5.94. The number of hydrogen-bond acceptors (Lipinski definition) is 5. The fourth-order valence-corrected chi connectivity index (χ4v) is 2.76. The number of fused-ring (bicyclic) bond motifs is 3. The number of pyridine rings is 1. The van der Waals surface area contributed by atoms with E-state index < -0.39 is 4.92 Å². The molecule has 0 saturated heterocycles. The first-order chi connectivity index (χ1) is 12.1. The van der Waals surface area contributed by atoms with Crippen LogP contribution in [0.3, 0.4) is 0 Å². The van der Waals surface area contributed by atoms with Gasteiger partial charge in [0.25, 0.3) is 11.2 Å². The van der Waals surface area contributed by atoms with Crippen LogP contribution in [0, 0.1) is 10.1 Å². The molecule has 2 heterocycles. The summed E-state index contributed by atoms with van der Waals surface area (Å²) in [6, 6.07) is 11.4. The first-order valence-electron chi connectivity index (χ1n) is 7.41. The van der Waals surface area contributed by atoms with Crippen LogP contribution >= 0.6 is 0 Å². The van der Waals surface area contributed by atoms with Crippen molar-refractivity contribution < 1.29 is 9.66 Å². The first kappa shape index (κ1) is 14.9. The van der Waals surface area contributed by atoms with Crippen molar-refractivity contribution in [3.63, 3.8) is 0 Å². The molecule has 0 atom stereocenters. The summed E-state index contributed by atoms with van der Waals surface area (Å²) < 4.78 is 6.42. The van der Waals surface area contributed by atoms with Crippen molar-refractivity contribution in [3.8, 4) is 22.7 Å². The summed E-state index contributed by atoms with van der Waals surface area (Å²) in [4.78, 5) is 26.0. The Kier molecular flexibility index (Phi) is 3.24. The number of H-pyrrole nitrogens is 1. The summed E-state index contributed by atoms with van der Waals surface area (Å²) in [6.45, 7) is 0. The van der Waals surface area contributed by atoms with E-state index >= 15 is 0 Å². The van der Waals surface area contributed by atoms with Crippen molar-refractivity contribution in [3.05, 3.63) is 69.1 Å². The molecule has 0 bridgehead atoms. The number of hydrogen-bond donors (Lipinski definition) is 1. The van der Waals surface area contributed by atoms with E-state index in [9.17, 15) is 14.9 Å². The Bertz CT molecular complexity index is 1130. The number of aromatic nitrogens is 3. The minimum atomic E-state index is -0.466. The molecule has 0 amide bonds. The molecule has 2 aromatic rings. The van der Waals surface area contributed by atoms with Gasteiger partial charge in [0, 0.05) is 23.7 Å². The van der Waals surface area contributed by atoms with Crippen LogP contribution in [0.5, 0.6) is 5.75 Å². The molecule has 0 aromatic heterocycles. The minimum absolute atomic E-state index is 0.0277. The van der Waals surface area contributed by atoms with E-state index in [1.807, 2.05) is 0 Å². The van der Waals surface area contributed by atoms with Gasteiger partial charge in [-0.1, -0.05) is 0 Å². The third-order valence-electron chi connectivity index (χ3n) is 4.04. The Hall–Kier alpha value is -3.68. The van der Waals surface area contributed by atoms with Crippen LogP contribution in [0.1, 0.15) is 0 Å². The third-order valence-corrected chi connectivity index (χ3v) is 4.04. The van der Waals surface area contributed by atoms with Crippen molar-refractivity contribution >= 4 is 16.6 Å². The molecule has 0 radical (unpaired) electrons. The molecule has 0 aliphatic carbocycles. The summed E-state index contributed by atoms with van der Waals surface area (Å²) in [5, 5.41) is 16.0. The zero-order chi connectivity index (χ0) is 17.6. The van der Waals surface area contributed by atoms with Crippen LogP contribution in [0.25, 0.3) is 27.8 Å². The molecule has 4 rings (SSSR count). The molecule has 8 heteroatoms. The molecule has 0 fully saturated rings. The summed E-state index contributed by atoms with van der Waals surface area (Å²) >= 11 is 0. The molecule has 2 aromatic carbocycles. The highest BCUT2D eigenvalue weighted by Gasteiger charge is 2.20. The molecule has 1 N–H and O–H groups in total. The van der Waals surface area contributed by atoms with E-state index in [0.717, 1.165) is 0 Å². The van der Waals surface area contributed by atoms with E-state index in [2.05, 4.69) is 10.1 Å². The number of methoxy groups -OCH3 is 1. The number of nitro groups is 1. The summed E-state index contributed by atoms with van der Waals surface area (Å²) in [5.41, 5.74) is 1.76. The van der Waals surface area contributed by atoms with Gasteiger partial charge in [-0.05, 0) is 30.3 Å². The molecule has 2 aliphatic rings. The lowest BCUT2D eigenvalue weighted by Gasteiger charge is -2.02. The molecule has 2 aliphatic heterocycles. The van der Waals surface area contributed by atoms with E-state index in [1.165, 1.54) is 23.0 Å². The van der Waals surface area contributed by atoms with Crippen LogP contribution in [0.15, 0.2) is 53.5 Å². The Morgan fingerprint density at radius 3 is 2.64 bits per heavy atom. The van der Waals surface area contributed by atoms with Gasteiger partial charge >= 0.3 is 0 Å². The normalized spacial score (nSPS) is 11.1. The zero-order valence-electron chi connectivity index (χ0n) is 13.1. The fraction of sp³-hybridized carbons (Fsp3) is 0.0588. The second-order valence-electron chi connectivity index (χ2n) is 5.45. The Labute approximate surface area is 140 Å². The number of rotatable bonds is 3. The third kappa shape index (κ3) is 2.31. The van der Waals surface area contributed by atoms with Crippen LogP contribution < -0.4 is 10.3 Å². The van der Waals surface area contributed by atoms with Gasteiger partial charge in [-0.2, -0.15) is 9.78 Å². The highest BCUT2D eigenvalue weighted by Crippen LogP contribution is 2.28. The number of nitro benzene ring substituents is 1. The second kappa shape index (κ2) is 5.45. The van der Waals surface area contributed by atoms with Crippen molar-refractivity contribution in [1.29, 1.82) is 0 Å². The maximum atomic E-state index is 12.6. The van der Waals surface area contributed by atoms with Gasteiger partial charge < -0.3 is 9.72 Å². The Morgan fingerprint density at radius 1 is 1.20 bits per heavy atom.